The number of halogens is 2. The zero-order valence-electron chi connectivity index (χ0n) is 9.05. The van der Waals surface area contributed by atoms with Crippen LogP contribution < -0.4 is 0 Å². The molecular formula is C12H14BrFO. The first kappa shape index (κ1) is 12.4. The number of ketones is 1. The number of hydrogen-bond acceptors (Lipinski definition) is 1. The molecular weight excluding hydrogens is 259 g/mol. The maximum atomic E-state index is 13.6. The Labute approximate surface area is 97.8 Å². The molecule has 0 fully saturated rings. The van der Waals surface area contributed by atoms with Crippen molar-refractivity contribution in [3.05, 3.63) is 35.1 Å². The minimum atomic E-state index is -0.326. The minimum Gasteiger partial charge on any atom is -0.299 e. The molecule has 0 amide bonds. The van der Waals surface area contributed by atoms with Gasteiger partial charge < -0.3 is 0 Å². The van der Waals surface area contributed by atoms with E-state index in [9.17, 15) is 9.18 Å². The van der Waals surface area contributed by atoms with Crippen LogP contribution in [-0.2, 0) is 4.79 Å². The molecule has 0 aliphatic heterocycles. The van der Waals surface area contributed by atoms with Crippen molar-refractivity contribution in [1.29, 1.82) is 0 Å². The molecule has 1 aromatic rings. The molecule has 82 valence electrons. The highest BCUT2D eigenvalue weighted by Gasteiger charge is 2.23. The summed E-state index contributed by atoms with van der Waals surface area (Å²) in [6.45, 7) is 5.22. The first-order chi connectivity index (χ1) is 6.95. The summed E-state index contributed by atoms with van der Waals surface area (Å²) in [5, 5.41) is 0. The lowest BCUT2D eigenvalue weighted by Crippen LogP contribution is -2.19. The zero-order chi connectivity index (χ0) is 11.6. The van der Waals surface area contributed by atoms with Gasteiger partial charge in [-0.05, 0) is 31.0 Å². The van der Waals surface area contributed by atoms with Crippen LogP contribution in [0.25, 0.3) is 0 Å². The molecule has 1 nitrogen and oxygen atoms in total. The summed E-state index contributed by atoms with van der Waals surface area (Å²) in [5.41, 5.74) is 1.50. The van der Waals surface area contributed by atoms with Crippen LogP contribution in [0.2, 0.25) is 0 Å². The Hall–Kier alpha value is -0.700. The number of carbonyl (C=O) groups excluding carboxylic acids is 1. The second-order valence-electron chi connectivity index (χ2n) is 3.77. The number of aryl methyl sites for hydroxylation is 1. The van der Waals surface area contributed by atoms with Gasteiger partial charge in [-0.2, -0.15) is 0 Å². The molecule has 0 saturated heterocycles. The van der Waals surface area contributed by atoms with Crippen molar-refractivity contribution in [2.45, 2.75) is 31.5 Å². The molecule has 0 heterocycles. The number of rotatable bonds is 3. The van der Waals surface area contributed by atoms with Crippen molar-refractivity contribution in [2.24, 2.45) is 0 Å². The third-order valence-electron chi connectivity index (χ3n) is 2.55. The van der Waals surface area contributed by atoms with Crippen LogP contribution in [-0.4, -0.2) is 10.6 Å². The molecule has 0 spiro atoms. The van der Waals surface area contributed by atoms with E-state index in [0.29, 0.717) is 5.56 Å². The minimum absolute atomic E-state index is 0.0187. The van der Waals surface area contributed by atoms with Crippen molar-refractivity contribution >= 4 is 21.7 Å². The number of carbonyl (C=O) groups is 1. The monoisotopic (exact) mass is 272 g/mol. The Kier molecular flexibility index (Phi) is 4.03. The van der Waals surface area contributed by atoms with Crippen molar-refractivity contribution < 1.29 is 9.18 Å². The topological polar surface area (TPSA) is 17.1 Å². The van der Waals surface area contributed by atoms with Gasteiger partial charge in [0.2, 0.25) is 0 Å². The third-order valence-corrected chi connectivity index (χ3v) is 3.99. The largest absolute Gasteiger partial charge is 0.299 e. The van der Waals surface area contributed by atoms with Gasteiger partial charge in [0.1, 0.15) is 11.6 Å². The van der Waals surface area contributed by atoms with Gasteiger partial charge in [0.25, 0.3) is 0 Å². The smallest absolute Gasteiger partial charge is 0.144 e. The van der Waals surface area contributed by atoms with Crippen LogP contribution in [0, 0.1) is 12.7 Å². The summed E-state index contributed by atoms with van der Waals surface area (Å²) in [5.74, 6) is -0.373. The van der Waals surface area contributed by atoms with Gasteiger partial charge in [0.05, 0.1) is 4.83 Å². The summed E-state index contributed by atoms with van der Waals surface area (Å²) >= 11 is 3.30. The van der Waals surface area contributed by atoms with E-state index in [1.54, 1.807) is 6.07 Å². The van der Waals surface area contributed by atoms with Gasteiger partial charge in [-0.3, -0.25) is 4.79 Å². The zero-order valence-corrected chi connectivity index (χ0v) is 10.6. The second-order valence-corrected chi connectivity index (χ2v) is 4.76. The highest BCUT2D eigenvalue weighted by atomic mass is 79.9. The van der Waals surface area contributed by atoms with E-state index in [0.717, 1.165) is 5.56 Å². The first-order valence-corrected chi connectivity index (χ1v) is 5.76. The molecule has 1 rings (SSSR count). The standard InChI is InChI=1S/C12H14BrFO/c1-7-5-4-6-10(14)11(7)8(2)12(13)9(3)15/h4-6,8,12H,1-3H3. The molecule has 0 aliphatic rings. The Morgan fingerprint density at radius 1 is 1.47 bits per heavy atom. The van der Waals surface area contributed by atoms with Gasteiger partial charge in [-0.1, -0.05) is 35.0 Å². The summed E-state index contributed by atoms with van der Waals surface area (Å²) < 4.78 is 13.6. The highest BCUT2D eigenvalue weighted by Crippen LogP contribution is 2.29. The van der Waals surface area contributed by atoms with E-state index in [1.807, 2.05) is 19.9 Å². The maximum Gasteiger partial charge on any atom is 0.144 e. The summed E-state index contributed by atoms with van der Waals surface area (Å²) in [6, 6.07) is 4.96. The average molecular weight is 273 g/mol. The molecule has 0 aliphatic carbocycles. The van der Waals surface area contributed by atoms with E-state index >= 15 is 0 Å². The van der Waals surface area contributed by atoms with Gasteiger partial charge in [-0.25, -0.2) is 4.39 Å². The van der Waals surface area contributed by atoms with Crippen LogP contribution in [0.5, 0.6) is 0 Å². The number of benzene rings is 1. The van der Waals surface area contributed by atoms with Gasteiger partial charge in [0.15, 0.2) is 0 Å². The molecule has 0 aromatic heterocycles. The third kappa shape index (κ3) is 2.65. The first-order valence-electron chi connectivity index (χ1n) is 4.84. The quantitative estimate of drug-likeness (QED) is 0.769. The highest BCUT2D eigenvalue weighted by molar-refractivity contribution is 9.10. The number of Topliss-reactive ketones (excluding diaryl/α,β-unsaturated/α-hetero) is 1. The fourth-order valence-electron chi connectivity index (χ4n) is 1.72. The molecule has 2 unspecified atom stereocenters. The summed E-state index contributed by atoms with van der Waals surface area (Å²) in [6.07, 6.45) is 0. The molecule has 15 heavy (non-hydrogen) atoms. The van der Waals surface area contributed by atoms with Crippen LogP contribution in [0.15, 0.2) is 18.2 Å². The van der Waals surface area contributed by atoms with Gasteiger partial charge >= 0.3 is 0 Å². The molecule has 0 radical (unpaired) electrons. The van der Waals surface area contributed by atoms with Crippen LogP contribution in [0.4, 0.5) is 4.39 Å². The lowest BCUT2D eigenvalue weighted by molar-refractivity contribution is -0.116. The van der Waals surface area contributed by atoms with Crippen molar-refractivity contribution in [3.8, 4) is 0 Å². The Balaban J connectivity index is 3.10. The fourth-order valence-corrected chi connectivity index (χ4v) is 1.98. The van der Waals surface area contributed by atoms with E-state index in [2.05, 4.69) is 15.9 Å². The summed E-state index contributed by atoms with van der Waals surface area (Å²) in [7, 11) is 0. The molecule has 0 N–H and O–H groups in total. The van der Waals surface area contributed by atoms with Crippen LogP contribution in [0.3, 0.4) is 0 Å². The molecule has 2 atom stereocenters. The van der Waals surface area contributed by atoms with E-state index in [-0.39, 0.29) is 22.3 Å². The lowest BCUT2D eigenvalue weighted by atomic mass is 9.92. The fraction of sp³-hybridized carbons (Fsp3) is 0.417. The predicted molar refractivity (Wildman–Crippen MR) is 62.9 cm³/mol. The SMILES string of the molecule is CC(=O)C(Br)C(C)c1c(C)cccc1F. The van der Waals surface area contributed by atoms with Gasteiger partial charge in [-0.15, -0.1) is 0 Å². The Morgan fingerprint density at radius 3 is 2.53 bits per heavy atom. The Bertz CT molecular complexity index is 356. The van der Waals surface area contributed by atoms with E-state index < -0.39 is 0 Å². The van der Waals surface area contributed by atoms with Crippen LogP contribution >= 0.6 is 15.9 Å². The number of alkyl halides is 1. The average Bonchev–Trinajstić information content (AvgIpc) is 2.15. The van der Waals surface area contributed by atoms with Crippen molar-refractivity contribution in [3.63, 3.8) is 0 Å². The second kappa shape index (κ2) is 4.88. The van der Waals surface area contributed by atoms with E-state index in [1.165, 1.54) is 13.0 Å². The Morgan fingerprint density at radius 2 is 2.07 bits per heavy atom. The number of hydrogen-bond donors (Lipinski definition) is 0. The molecule has 0 bridgehead atoms. The van der Waals surface area contributed by atoms with Gasteiger partial charge in [0, 0.05) is 5.92 Å². The maximum absolute atomic E-state index is 13.6. The molecule has 1 aromatic carbocycles. The predicted octanol–water partition coefficient (Wildman–Crippen LogP) is 3.59. The van der Waals surface area contributed by atoms with E-state index in [4.69, 9.17) is 0 Å². The summed E-state index contributed by atoms with van der Waals surface area (Å²) in [4.78, 5) is 10.9. The lowest BCUT2D eigenvalue weighted by Gasteiger charge is -2.19. The van der Waals surface area contributed by atoms with Crippen LogP contribution in [0.1, 0.15) is 30.9 Å². The van der Waals surface area contributed by atoms with Crippen molar-refractivity contribution in [2.75, 3.05) is 0 Å². The molecule has 0 saturated carbocycles. The normalized spacial score (nSPS) is 14.7. The van der Waals surface area contributed by atoms with Crippen molar-refractivity contribution in [1.82, 2.24) is 0 Å². The molecule has 3 heteroatoms.